The van der Waals surface area contributed by atoms with Gasteiger partial charge in [0.15, 0.2) is 10.9 Å². The molecule has 0 aliphatic rings. The number of ketones is 1. The summed E-state index contributed by atoms with van der Waals surface area (Å²) in [7, 11) is 0. The predicted molar refractivity (Wildman–Crippen MR) is 121 cm³/mol. The van der Waals surface area contributed by atoms with E-state index in [2.05, 4.69) is 10.3 Å². The van der Waals surface area contributed by atoms with Crippen LogP contribution in [0.5, 0.6) is 0 Å². The number of amides is 1. The molecule has 156 valence electrons. The Labute approximate surface area is 184 Å². The number of fused-ring (bicyclic) bond motifs is 1. The third kappa shape index (κ3) is 4.42. The molecule has 0 atom stereocenters. The van der Waals surface area contributed by atoms with Crippen LogP contribution in [-0.2, 0) is 4.79 Å². The van der Waals surface area contributed by atoms with Gasteiger partial charge in [-0.25, -0.2) is 9.37 Å². The molecule has 0 saturated carbocycles. The number of para-hydroxylation sites is 1. The van der Waals surface area contributed by atoms with Crippen LogP contribution in [0.2, 0.25) is 0 Å². The normalized spacial score (nSPS) is 10.9. The molecule has 1 N–H and O–H groups in total. The number of nitrogens with one attached hydrogen (secondary N) is 1. The minimum Gasteiger partial charge on any atom is -0.325 e. The van der Waals surface area contributed by atoms with Crippen molar-refractivity contribution < 1.29 is 14.0 Å². The van der Waals surface area contributed by atoms with Crippen molar-refractivity contribution in [1.82, 2.24) is 9.55 Å². The number of hydrogen-bond acceptors (Lipinski definition) is 6. The number of rotatable bonds is 6. The highest BCUT2D eigenvalue weighted by Gasteiger charge is 2.18. The van der Waals surface area contributed by atoms with Gasteiger partial charge < -0.3 is 5.32 Å². The highest BCUT2D eigenvalue weighted by molar-refractivity contribution is 7.99. The van der Waals surface area contributed by atoms with E-state index in [-0.39, 0.29) is 33.8 Å². The monoisotopic (exact) mass is 453 g/mol. The molecule has 0 aliphatic carbocycles. The van der Waals surface area contributed by atoms with E-state index < -0.39 is 5.82 Å². The van der Waals surface area contributed by atoms with E-state index in [0.717, 1.165) is 11.8 Å². The molecule has 2 heterocycles. The number of halogens is 1. The van der Waals surface area contributed by atoms with Crippen LogP contribution >= 0.6 is 23.1 Å². The molecule has 0 unspecified atom stereocenters. The largest absolute Gasteiger partial charge is 0.325 e. The molecular formula is C22H16FN3O3S2. The number of benzene rings is 2. The Hall–Kier alpha value is -3.30. The smallest absolute Gasteiger partial charge is 0.276 e. The zero-order valence-corrected chi connectivity index (χ0v) is 17.9. The Morgan fingerprint density at radius 1 is 1.16 bits per heavy atom. The first-order valence-electron chi connectivity index (χ1n) is 9.23. The van der Waals surface area contributed by atoms with Crippen LogP contribution in [0.15, 0.2) is 69.9 Å². The molecule has 0 spiro atoms. The number of anilines is 1. The molecule has 6 nitrogen and oxygen atoms in total. The summed E-state index contributed by atoms with van der Waals surface area (Å²) >= 11 is 2.26. The fraction of sp³-hybridized carbons (Fsp3) is 0.0909. The van der Waals surface area contributed by atoms with Crippen LogP contribution in [0.3, 0.4) is 0 Å². The first-order chi connectivity index (χ1) is 14.9. The lowest BCUT2D eigenvalue weighted by molar-refractivity contribution is -0.113. The third-order valence-electron chi connectivity index (χ3n) is 4.43. The second-order valence-electron chi connectivity index (χ2n) is 6.60. The topological polar surface area (TPSA) is 81.1 Å². The molecule has 0 fully saturated rings. The molecule has 9 heteroatoms. The highest BCUT2D eigenvalue weighted by Crippen LogP contribution is 2.25. The Bertz CT molecular complexity index is 1360. The number of carbonyl (C=O) groups excluding carboxylic acids is 2. The quantitative estimate of drug-likeness (QED) is 0.264. The molecule has 2 aromatic carbocycles. The lowest BCUT2D eigenvalue weighted by Crippen LogP contribution is -2.23. The van der Waals surface area contributed by atoms with Crippen molar-refractivity contribution in [3.8, 4) is 5.69 Å². The second kappa shape index (κ2) is 8.83. The summed E-state index contributed by atoms with van der Waals surface area (Å²) in [5.41, 5.74) is 1.17. The Balaban J connectivity index is 1.62. The van der Waals surface area contributed by atoms with Gasteiger partial charge in [-0.05, 0) is 42.6 Å². The summed E-state index contributed by atoms with van der Waals surface area (Å²) < 4.78 is 16.1. The van der Waals surface area contributed by atoms with Crippen molar-refractivity contribution in [2.24, 2.45) is 0 Å². The van der Waals surface area contributed by atoms with Crippen molar-refractivity contribution in [2.75, 3.05) is 11.1 Å². The fourth-order valence-corrected chi connectivity index (χ4v) is 4.54. The molecule has 0 radical (unpaired) electrons. The number of nitrogens with zero attached hydrogens (tertiary/aromatic N) is 2. The summed E-state index contributed by atoms with van der Waals surface area (Å²) in [6.45, 7) is 1.45. The van der Waals surface area contributed by atoms with Crippen LogP contribution in [0.1, 0.15) is 17.3 Å². The van der Waals surface area contributed by atoms with E-state index >= 15 is 0 Å². The van der Waals surface area contributed by atoms with Crippen LogP contribution in [0, 0.1) is 5.82 Å². The average molecular weight is 454 g/mol. The van der Waals surface area contributed by atoms with Gasteiger partial charge in [0.05, 0.1) is 17.0 Å². The van der Waals surface area contributed by atoms with E-state index in [1.165, 1.54) is 41.0 Å². The zero-order chi connectivity index (χ0) is 22.0. The zero-order valence-electron chi connectivity index (χ0n) is 16.3. The van der Waals surface area contributed by atoms with Gasteiger partial charge in [0.2, 0.25) is 5.91 Å². The van der Waals surface area contributed by atoms with Crippen molar-refractivity contribution in [2.45, 2.75) is 12.1 Å². The second-order valence-corrected chi connectivity index (χ2v) is 8.45. The number of thioether (sulfide) groups is 1. The maximum atomic E-state index is 14.5. The first-order valence-corrected chi connectivity index (χ1v) is 11.1. The lowest BCUT2D eigenvalue weighted by atomic mass is 10.1. The predicted octanol–water partition coefficient (Wildman–Crippen LogP) is 4.52. The maximum Gasteiger partial charge on any atom is 0.276 e. The van der Waals surface area contributed by atoms with Gasteiger partial charge in [-0.2, -0.15) is 0 Å². The molecule has 0 aliphatic heterocycles. The summed E-state index contributed by atoms with van der Waals surface area (Å²) in [5.74, 6) is -1.06. The number of hydrogen-bond donors (Lipinski definition) is 1. The van der Waals surface area contributed by atoms with Crippen molar-refractivity contribution in [3.63, 3.8) is 0 Å². The molecule has 4 rings (SSSR count). The summed E-state index contributed by atoms with van der Waals surface area (Å²) in [6.07, 6.45) is 0. The minimum atomic E-state index is -0.561. The number of thiophene rings is 1. The standard InChI is InChI=1S/C22H16FN3O3S2/c1-13(27)14-5-4-6-15(11-14)24-19(28)12-31-22-25-17-9-10-30-20(17)21(29)26(22)18-8-3-2-7-16(18)23/h2-11H,12H2,1H3,(H,24,28). The highest BCUT2D eigenvalue weighted by atomic mass is 32.2. The first kappa shape index (κ1) is 21.0. The van der Waals surface area contributed by atoms with E-state index in [9.17, 15) is 18.8 Å². The minimum absolute atomic E-state index is 0.0547. The maximum absolute atomic E-state index is 14.5. The summed E-state index contributed by atoms with van der Waals surface area (Å²) in [5, 5.41) is 4.69. The Kier molecular flexibility index (Phi) is 5.97. The van der Waals surface area contributed by atoms with Gasteiger partial charge >= 0.3 is 0 Å². The Morgan fingerprint density at radius 2 is 1.97 bits per heavy atom. The van der Waals surface area contributed by atoms with Gasteiger partial charge in [0.25, 0.3) is 5.56 Å². The van der Waals surface area contributed by atoms with E-state index in [0.29, 0.717) is 21.5 Å². The van der Waals surface area contributed by atoms with E-state index in [1.807, 2.05) is 0 Å². The molecule has 31 heavy (non-hydrogen) atoms. The molecule has 2 aromatic heterocycles. The van der Waals surface area contributed by atoms with Gasteiger partial charge in [-0.15, -0.1) is 11.3 Å². The molecule has 1 amide bonds. The van der Waals surface area contributed by atoms with Crippen molar-refractivity contribution in [1.29, 1.82) is 0 Å². The summed E-state index contributed by atoms with van der Waals surface area (Å²) in [6, 6.07) is 14.3. The molecular weight excluding hydrogens is 437 g/mol. The number of carbonyl (C=O) groups is 2. The fourth-order valence-electron chi connectivity index (χ4n) is 2.98. The van der Waals surface area contributed by atoms with Gasteiger partial charge in [0.1, 0.15) is 10.5 Å². The summed E-state index contributed by atoms with van der Waals surface area (Å²) in [4.78, 5) is 41.5. The Morgan fingerprint density at radius 3 is 2.74 bits per heavy atom. The van der Waals surface area contributed by atoms with E-state index in [1.54, 1.807) is 41.8 Å². The van der Waals surface area contributed by atoms with Crippen molar-refractivity contribution >= 4 is 50.7 Å². The van der Waals surface area contributed by atoms with Crippen molar-refractivity contribution in [3.05, 3.63) is 81.7 Å². The van der Waals surface area contributed by atoms with E-state index in [4.69, 9.17) is 0 Å². The van der Waals surface area contributed by atoms with Crippen LogP contribution < -0.4 is 10.9 Å². The van der Waals surface area contributed by atoms with Gasteiger partial charge in [0, 0.05) is 11.3 Å². The average Bonchev–Trinajstić information content (AvgIpc) is 3.22. The van der Waals surface area contributed by atoms with Crippen LogP contribution in [0.25, 0.3) is 15.9 Å². The van der Waals surface area contributed by atoms with Gasteiger partial charge in [-0.1, -0.05) is 36.0 Å². The third-order valence-corrected chi connectivity index (χ3v) is 6.26. The molecule has 0 bridgehead atoms. The number of Topliss-reactive ketones (excluding diaryl/α,β-unsaturated/α-hetero) is 1. The molecule has 0 saturated heterocycles. The van der Waals surface area contributed by atoms with Gasteiger partial charge in [-0.3, -0.25) is 19.0 Å². The lowest BCUT2D eigenvalue weighted by Gasteiger charge is -2.13. The van der Waals surface area contributed by atoms with Crippen LogP contribution in [0.4, 0.5) is 10.1 Å². The number of aromatic nitrogens is 2. The molecule has 4 aromatic rings. The van der Waals surface area contributed by atoms with Crippen LogP contribution in [-0.4, -0.2) is 27.0 Å². The SMILES string of the molecule is CC(=O)c1cccc(NC(=O)CSc2nc3ccsc3c(=O)n2-c2ccccc2F)c1.